The molecular weight excluding hydrogens is 220 g/mol. The molecule has 0 aromatic heterocycles. The number of benzene rings is 1. The van der Waals surface area contributed by atoms with Crippen molar-refractivity contribution in [2.75, 3.05) is 11.9 Å². The van der Waals surface area contributed by atoms with Gasteiger partial charge in [0.05, 0.1) is 10.7 Å². The number of rotatable bonds is 4. The van der Waals surface area contributed by atoms with Gasteiger partial charge in [-0.15, -0.1) is 0 Å². The quantitative estimate of drug-likeness (QED) is 0.841. The molecule has 1 aliphatic rings. The van der Waals surface area contributed by atoms with Crippen LogP contribution in [0.5, 0.6) is 0 Å². The molecule has 1 aliphatic heterocycles. The molecule has 0 aliphatic carbocycles. The van der Waals surface area contributed by atoms with Gasteiger partial charge in [-0.05, 0) is 44.9 Å². The van der Waals surface area contributed by atoms with Gasteiger partial charge in [0.15, 0.2) is 0 Å². The lowest BCUT2D eigenvalue weighted by molar-refractivity contribution is 0.523. The Kier molecular flexibility index (Phi) is 4.08. The lowest BCUT2D eigenvalue weighted by atomic mass is 10.1. The van der Waals surface area contributed by atoms with E-state index in [2.05, 4.69) is 17.6 Å². The highest BCUT2D eigenvalue weighted by atomic mass is 35.5. The van der Waals surface area contributed by atoms with E-state index in [-0.39, 0.29) is 0 Å². The van der Waals surface area contributed by atoms with Crippen LogP contribution in [-0.2, 0) is 0 Å². The lowest BCUT2D eigenvalue weighted by Gasteiger charge is -2.19. The highest BCUT2D eigenvalue weighted by Gasteiger charge is 2.17. The molecule has 3 heteroatoms. The molecule has 1 saturated heterocycles. The van der Waals surface area contributed by atoms with Crippen LogP contribution in [0, 0.1) is 0 Å². The van der Waals surface area contributed by atoms with Gasteiger partial charge in [-0.3, -0.25) is 0 Å². The number of para-hydroxylation sites is 1. The molecule has 2 atom stereocenters. The second-order valence-corrected chi connectivity index (χ2v) is 4.96. The first-order valence-corrected chi connectivity index (χ1v) is 6.38. The Morgan fingerprint density at radius 3 is 3.00 bits per heavy atom. The Labute approximate surface area is 102 Å². The summed E-state index contributed by atoms with van der Waals surface area (Å²) in [5.74, 6) is 0. The van der Waals surface area contributed by atoms with E-state index in [9.17, 15) is 0 Å². The van der Waals surface area contributed by atoms with Crippen LogP contribution >= 0.6 is 11.6 Å². The molecule has 0 radical (unpaired) electrons. The van der Waals surface area contributed by atoms with Crippen molar-refractivity contribution in [3.8, 4) is 0 Å². The monoisotopic (exact) mass is 238 g/mol. The standard InChI is InChI=1S/C13H19ClN2/c1-10(9-11-5-4-8-15-11)16-13-7-3-2-6-12(13)14/h2-3,6-7,10-11,15-16H,4-5,8-9H2,1H3. The molecule has 1 aromatic carbocycles. The maximum Gasteiger partial charge on any atom is 0.0637 e. The first kappa shape index (κ1) is 11.7. The van der Waals surface area contributed by atoms with E-state index in [0.29, 0.717) is 12.1 Å². The summed E-state index contributed by atoms with van der Waals surface area (Å²) < 4.78 is 0. The van der Waals surface area contributed by atoms with E-state index in [0.717, 1.165) is 17.1 Å². The minimum atomic E-state index is 0.454. The zero-order chi connectivity index (χ0) is 11.4. The SMILES string of the molecule is CC(CC1CCCN1)Nc1ccccc1Cl. The molecule has 16 heavy (non-hydrogen) atoms. The van der Waals surface area contributed by atoms with Crippen LogP contribution in [0.4, 0.5) is 5.69 Å². The zero-order valence-corrected chi connectivity index (χ0v) is 10.4. The fraction of sp³-hybridized carbons (Fsp3) is 0.538. The van der Waals surface area contributed by atoms with Crippen molar-refractivity contribution in [3.63, 3.8) is 0 Å². The molecule has 1 aromatic rings. The van der Waals surface area contributed by atoms with E-state index in [1.54, 1.807) is 0 Å². The third-order valence-electron chi connectivity index (χ3n) is 3.08. The topological polar surface area (TPSA) is 24.1 Å². The third kappa shape index (κ3) is 3.13. The van der Waals surface area contributed by atoms with Crippen molar-refractivity contribution in [3.05, 3.63) is 29.3 Å². The van der Waals surface area contributed by atoms with E-state index >= 15 is 0 Å². The summed E-state index contributed by atoms with van der Waals surface area (Å²) in [5, 5.41) is 7.78. The van der Waals surface area contributed by atoms with E-state index in [1.165, 1.54) is 19.4 Å². The van der Waals surface area contributed by atoms with Crippen molar-refractivity contribution in [2.45, 2.75) is 38.3 Å². The number of anilines is 1. The third-order valence-corrected chi connectivity index (χ3v) is 3.41. The predicted octanol–water partition coefficient (Wildman–Crippen LogP) is 3.28. The summed E-state index contributed by atoms with van der Waals surface area (Å²) in [6.45, 7) is 3.38. The summed E-state index contributed by atoms with van der Waals surface area (Å²) in [6.07, 6.45) is 3.77. The summed E-state index contributed by atoms with van der Waals surface area (Å²) in [4.78, 5) is 0. The van der Waals surface area contributed by atoms with Crippen LogP contribution < -0.4 is 10.6 Å². The van der Waals surface area contributed by atoms with Gasteiger partial charge in [-0.1, -0.05) is 23.7 Å². The number of nitrogens with one attached hydrogen (secondary N) is 2. The Bertz CT molecular complexity index is 334. The molecule has 0 amide bonds. The van der Waals surface area contributed by atoms with E-state index < -0.39 is 0 Å². The van der Waals surface area contributed by atoms with E-state index in [1.807, 2.05) is 24.3 Å². The summed E-state index contributed by atoms with van der Waals surface area (Å²) in [7, 11) is 0. The molecule has 0 spiro atoms. The lowest BCUT2D eigenvalue weighted by Crippen LogP contribution is -2.29. The second-order valence-electron chi connectivity index (χ2n) is 4.55. The normalized spacial score (nSPS) is 22.0. The Balaban J connectivity index is 1.86. The fourth-order valence-corrected chi connectivity index (χ4v) is 2.48. The molecule has 88 valence electrons. The van der Waals surface area contributed by atoms with Crippen molar-refractivity contribution < 1.29 is 0 Å². The summed E-state index contributed by atoms with van der Waals surface area (Å²) in [5.41, 5.74) is 1.04. The number of halogens is 1. The summed E-state index contributed by atoms with van der Waals surface area (Å²) in [6, 6.07) is 9.04. The molecule has 2 rings (SSSR count). The Hall–Kier alpha value is -0.730. The van der Waals surface area contributed by atoms with Crippen LogP contribution in [0.25, 0.3) is 0 Å². The Morgan fingerprint density at radius 1 is 1.50 bits per heavy atom. The van der Waals surface area contributed by atoms with Crippen LogP contribution in [0.1, 0.15) is 26.2 Å². The number of hydrogen-bond acceptors (Lipinski definition) is 2. The highest BCUT2D eigenvalue weighted by molar-refractivity contribution is 6.33. The minimum absolute atomic E-state index is 0.454. The first-order chi connectivity index (χ1) is 7.75. The zero-order valence-electron chi connectivity index (χ0n) is 9.67. The second kappa shape index (κ2) is 5.55. The van der Waals surface area contributed by atoms with Gasteiger partial charge in [0, 0.05) is 12.1 Å². The maximum atomic E-state index is 6.11. The van der Waals surface area contributed by atoms with Crippen LogP contribution in [0.3, 0.4) is 0 Å². The number of hydrogen-bond donors (Lipinski definition) is 2. The first-order valence-electron chi connectivity index (χ1n) is 6.00. The average Bonchev–Trinajstić information content (AvgIpc) is 2.74. The van der Waals surface area contributed by atoms with Crippen molar-refractivity contribution >= 4 is 17.3 Å². The van der Waals surface area contributed by atoms with Crippen molar-refractivity contribution in [1.82, 2.24) is 5.32 Å². The van der Waals surface area contributed by atoms with Crippen molar-refractivity contribution in [1.29, 1.82) is 0 Å². The van der Waals surface area contributed by atoms with E-state index in [4.69, 9.17) is 11.6 Å². The molecule has 0 saturated carbocycles. The average molecular weight is 239 g/mol. The highest BCUT2D eigenvalue weighted by Crippen LogP contribution is 2.22. The van der Waals surface area contributed by atoms with Crippen LogP contribution in [0.15, 0.2) is 24.3 Å². The molecule has 2 unspecified atom stereocenters. The van der Waals surface area contributed by atoms with Gasteiger partial charge in [0.1, 0.15) is 0 Å². The smallest absolute Gasteiger partial charge is 0.0637 e. The van der Waals surface area contributed by atoms with Gasteiger partial charge in [0.2, 0.25) is 0 Å². The molecule has 1 heterocycles. The van der Waals surface area contributed by atoms with Gasteiger partial charge >= 0.3 is 0 Å². The maximum absolute atomic E-state index is 6.11. The van der Waals surface area contributed by atoms with Crippen molar-refractivity contribution in [2.24, 2.45) is 0 Å². The fourth-order valence-electron chi connectivity index (χ4n) is 2.29. The summed E-state index contributed by atoms with van der Waals surface area (Å²) >= 11 is 6.11. The predicted molar refractivity (Wildman–Crippen MR) is 70.2 cm³/mol. The molecule has 0 bridgehead atoms. The molecule has 2 nitrogen and oxygen atoms in total. The molecule has 1 fully saturated rings. The van der Waals surface area contributed by atoms with Crippen LogP contribution in [-0.4, -0.2) is 18.6 Å². The molecule has 2 N–H and O–H groups in total. The van der Waals surface area contributed by atoms with Crippen LogP contribution in [0.2, 0.25) is 5.02 Å². The molecular formula is C13H19ClN2. The van der Waals surface area contributed by atoms with Gasteiger partial charge < -0.3 is 10.6 Å². The minimum Gasteiger partial charge on any atom is -0.381 e. The largest absolute Gasteiger partial charge is 0.381 e. The van der Waals surface area contributed by atoms with Gasteiger partial charge in [-0.2, -0.15) is 0 Å². The van der Waals surface area contributed by atoms with Gasteiger partial charge in [0.25, 0.3) is 0 Å². The Morgan fingerprint density at radius 2 is 2.31 bits per heavy atom. The van der Waals surface area contributed by atoms with Gasteiger partial charge in [-0.25, -0.2) is 0 Å².